The van der Waals surface area contributed by atoms with Gasteiger partial charge in [0, 0.05) is 18.9 Å². The summed E-state index contributed by atoms with van der Waals surface area (Å²) in [5, 5.41) is 0. The van der Waals surface area contributed by atoms with Crippen LogP contribution >= 0.6 is 0 Å². The van der Waals surface area contributed by atoms with Crippen LogP contribution in [0, 0.1) is 11.8 Å². The lowest BCUT2D eigenvalue weighted by atomic mass is 10.0. The maximum Gasteiger partial charge on any atom is 0.264 e. The van der Waals surface area contributed by atoms with E-state index in [0.717, 1.165) is 44.1 Å². The first-order valence-corrected chi connectivity index (χ1v) is 17.0. The Balaban J connectivity index is 2.38. The molecule has 1 aromatic rings. The van der Waals surface area contributed by atoms with E-state index in [4.69, 9.17) is 13.7 Å². The molecule has 0 aliphatic carbocycles. The van der Waals surface area contributed by atoms with Crippen LogP contribution in [-0.2, 0) is 20.7 Å². The van der Waals surface area contributed by atoms with Crippen LogP contribution in [0.1, 0.15) is 129 Å². The Hall–Kier alpha value is -1.71. The van der Waals surface area contributed by atoms with E-state index in [1.165, 1.54) is 82.6 Å². The molecule has 0 fully saturated rings. The van der Waals surface area contributed by atoms with Crippen LogP contribution in [0.4, 0.5) is 0 Å². The van der Waals surface area contributed by atoms with Crippen molar-refractivity contribution in [2.45, 2.75) is 129 Å². The molecule has 0 unspecified atom stereocenters. The van der Waals surface area contributed by atoms with Crippen LogP contribution in [-0.4, -0.2) is 34.5 Å². The van der Waals surface area contributed by atoms with Gasteiger partial charge in [0.25, 0.3) is 10.1 Å². The van der Waals surface area contributed by atoms with Crippen LogP contribution in [0.5, 0.6) is 11.5 Å². The van der Waals surface area contributed by atoms with Gasteiger partial charge in [0.05, 0.1) is 12.9 Å². The van der Waals surface area contributed by atoms with E-state index in [9.17, 15) is 8.42 Å². The molecule has 0 atom stereocenters. The zero-order valence-corrected chi connectivity index (χ0v) is 25.3. The predicted molar refractivity (Wildman–Crippen MR) is 160 cm³/mol. The second kappa shape index (κ2) is 23.2. The first-order chi connectivity index (χ1) is 18.4. The normalized spacial score (nSPS) is 11.2. The quantitative estimate of drug-likeness (QED) is 0.0732. The number of hydrogen-bond acceptors (Lipinski definition) is 5. The SMILES string of the molecule is CCCCC#CCCOc1cc(CCCCCCCCCCCCCCC)cc(OCCOS(C)(=O)=O)c1. The molecule has 0 aliphatic heterocycles. The Morgan fingerprint density at radius 3 is 1.66 bits per heavy atom. The summed E-state index contributed by atoms with van der Waals surface area (Å²) in [7, 11) is -3.47. The summed E-state index contributed by atoms with van der Waals surface area (Å²) < 4.78 is 38.9. The molecule has 0 amide bonds. The largest absolute Gasteiger partial charge is 0.492 e. The summed E-state index contributed by atoms with van der Waals surface area (Å²) in [6.45, 7) is 5.14. The predicted octanol–water partition coefficient (Wildman–Crippen LogP) is 8.64. The molecule has 0 radical (unpaired) electrons. The number of benzene rings is 1. The molecule has 218 valence electrons. The number of unbranched alkanes of at least 4 members (excludes halogenated alkanes) is 14. The molecule has 1 aromatic carbocycles. The maximum atomic E-state index is 11.2. The molecule has 1 rings (SSSR count). The van der Waals surface area contributed by atoms with Crippen molar-refractivity contribution in [2.75, 3.05) is 26.1 Å². The van der Waals surface area contributed by atoms with Crippen LogP contribution in [0.2, 0.25) is 0 Å². The maximum absolute atomic E-state index is 11.2. The van der Waals surface area contributed by atoms with E-state index >= 15 is 0 Å². The summed E-state index contributed by atoms with van der Waals surface area (Å²) in [6.07, 6.45) is 23.4. The second-order valence-corrected chi connectivity index (χ2v) is 11.9. The average Bonchev–Trinajstić information content (AvgIpc) is 2.88. The lowest BCUT2D eigenvalue weighted by Gasteiger charge is -2.12. The van der Waals surface area contributed by atoms with Crippen LogP contribution in [0.15, 0.2) is 18.2 Å². The minimum absolute atomic E-state index is 0.00847. The monoisotopic (exact) mass is 550 g/mol. The number of aryl methyl sites for hydroxylation is 1. The van der Waals surface area contributed by atoms with Crippen molar-refractivity contribution in [3.05, 3.63) is 23.8 Å². The van der Waals surface area contributed by atoms with Crippen LogP contribution < -0.4 is 9.47 Å². The summed E-state index contributed by atoms with van der Waals surface area (Å²) in [4.78, 5) is 0. The van der Waals surface area contributed by atoms with Gasteiger partial charge in [-0.3, -0.25) is 4.18 Å². The Morgan fingerprint density at radius 1 is 0.605 bits per heavy atom. The highest BCUT2D eigenvalue weighted by Gasteiger charge is 2.06. The third-order valence-electron chi connectivity index (χ3n) is 6.43. The average molecular weight is 551 g/mol. The molecule has 0 saturated carbocycles. The van der Waals surface area contributed by atoms with Crippen molar-refractivity contribution in [1.29, 1.82) is 0 Å². The number of rotatable bonds is 24. The van der Waals surface area contributed by atoms with Crippen molar-refractivity contribution in [3.63, 3.8) is 0 Å². The van der Waals surface area contributed by atoms with E-state index in [1.54, 1.807) is 0 Å². The summed E-state index contributed by atoms with van der Waals surface area (Å²) in [6, 6.07) is 5.97. The number of hydrogen-bond donors (Lipinski definition) is 0. The van der Waals surface area contributed by atoms with Gasteiger partial charge in [0.15, 0.2) is 0 Å². The van der Waals surface area contributed by atoms with E-state index < -0.39 is 10.1 Å². The fraction of sp³-hybridized carbons (Fsp3) is 0.750. The van der Waals surface area contributed by atoms with Crippen molar-refractivity contribution in [3.8, 4) is 23.3 Å². The van der Waals surface area contributed by atoms with Crippen LogP contribution in [0.25, 0.3) is 0 Å². The smallest absolute Gasteiger partial charge is 0.264 e. The number of ether oxygens (including phenoxy) is 2. The van der Waals surface area contributed by atoms with Crippen molar-refractivity contribution < 1.29 is 22.1 Å². The third kappa shape index (κ3) is 21.2. The highest BCUT2D eigenvalue weighted by molar-refractivity contribution is 7.85. The van der Waals surface area contributed by atoms with Gasteiger partial charge in [0.1, 0.15) is 24.7 Å². The van der Waals surface area contributed by atoms with Gasteiger partial charge in [-0.15, -0.1) is 5.92 Å². The van der Waals surface area contributed by atoms with Gasteiger partial charge in [-0.25, -0.2) is 0 Å². The van der Waals surface area contributed by atoms with Gasteiger partial charge in [-0.2, -0.15) is 8.42 Å². The molecular formula is C32H54O5S. The molecule has 0 aromatic heterocycles. The molecule has 0 saturated heterocycles. The Bertz CT molecular complexity index is 870. The van der Waals surface area contributed by atoms with Gasteiger partial charge in [-0.05, 0) is 37.0 Å². The lowest BCUT2D eigenvalue weighted by molar-refractivity contribution is 0.221. The second-order valence-electron chi connectivity index (χ2n) is 10.2. The lowest BCUT2D eigenvalue weighted by Crippen LogP contribution is -2.11. The van der Waals surface area contributed by atoms with Crippen molar-refractivity contribution >= 4 is 10.1 Å². The third-order valence-corrected chi connectivity index (χ3v) is 7.03. The zero-order valence-electron chi connectivity index (χ0n) is 24.5. The minimum Gasteiger partial charge on any atom is -0.492 e. The molecule has 38 heavy (non-hydrogen) atoms. The van der Waals surface area contributed by atoms with E-state index in [1.807, 2.05) is 12.1 Å². The molecule has 0 N–H and O–H groups in total. The summed E-state index contributed by atoms with van der Waals surface area (Å²) in [5.41, 5.74) is 1.18. The van der Waals surface area contributed by atoms with Gasteiger partial charge < -0.3 is 9.47 Å². The Labute approximate surface area is 234 Å². The molecule has 0 aliphatic rings. The standard InChI is InChI=1S/C32H54O5S/c1-4-6-8-10-12-13-14-15-16-17-18-19-21-23-30-27-31(35-24-22-20-11-9-7-5-2)29-32(28-30)36-25-26-37-38(3,33)34/h27-29H,4-10,12-19,21-26H2,1-3H3. The first kappa shape index (κ1) is 34.3. The molecular weight excluding hydrogens is 496 g/mol. The topological polar surface area (TPSA) is 61.8 Å². The van der Waals surface area contributed by atoms with Crippen LogP contribution in [0.3, 0.4) is 0 Å². The van der Waals surface area contributed by atoms with Crippen molar-refractivity contribution in [1.82, 2.24) is 0 Å². The van der Waals surface area contributed by atoms with E-state index in [2.05, 4.69) is 31.8 Å². The Kier molecular flexibility index (Phi) is 21.0. The van der Waals surface area contributed by atoms with Crippen molar-refractivity contribution in [2.24, 2.45) is 0 Å². The van der Waals surface area contributed by atoms with Gasteiger partial charge in [-0.1, -0.05) is 103 Å². The minimum atomic E-state index is -3.47. The van der Waals surface area contributed by atoms with E-state index in [-0.39, 0.29) is 13.2 Å². The van der Waals surface area contributed by atoms with Gasteiger partial charge in [0.2, 0.25) is 0 Å². The molecule has 6 heteroatoms. The fourth-order valence-corrected chi connectivity index (χ4v) is 4.67. The van der Waals surface area contributed by atoms with E-state index in [0.29, 0.717) is 18.8 Å². The highest BCUT2D eigenvalue weighted by Crippen LogP contribution is 2.25. The highest BCUT2D eigenvalue weighted by atomic mass is 32.2. The molecule has 0 spiro atoms. The first-order valence-electron chi connectivity index (χ1n) is 15.1. The summed E-state index contributed by atoms with van der Waals surface area (Å²) in [5.74, 6) is 7.82. The summed E-state index contributed by atoms with van der Waals surface area (Å²) >= 11 is 0. The molecule has 5 nitrogen and oxygen atoms in total. The van der Waals surface area contributed by atoms with Gasteiger partial charge >= 0.3 is 0 Å². The molecule has 0 bridgehead atoms. The zero-order chi connectivity index (χ0) is 27.7. The molecule has 0 heterocycles. The Morgan fingerprint density at radius 2 is 1.11 bits per heavy atom. The fourth-order valence-electron chi connectivity index (χ4n) is 4.30.